The van der Waals surface area contributed by atoms with Gasteiger partial charge in [0.25, 0.3) is 5.69 Å². The molecule has 31 heavy (non-hydrogen) atoms. The number of hydrogen-bond acceptors (Lipinski definition) is 6. The summed E-state index contributed by atoms with van der Waals surface area (Å²) in [7, 11) is 0. The van der Waals surface area contributed by atoms with Crippen LogP contribution >= 0.6 is 0 Å². The first-order chi connectivity index (χ1) is 14.9. The lowest BCUT2D eigenvalue weighted by molar-refractivity contribution is -0.384. The predicted octanol–water partition coefficient (Wildman–Crippen LogP) is 1.78. The topological polar surface area (TPSA) is 108 Å². The molecule has 0 radical (unpaired) electrons. The van der Waals surface area contributed by atoms with E-state index in [0.29, 0.717) is 39.3 Å². The van der Waals surface area contributed by atoms with E-state index in [1.165, 1.54) is 6.07 Å². The fourth-order valence-electron chi connectivity index (χ4n) is 3.45. The van der Waals surface area contributed by atoms with Gasteiger partial charge in [0.2, 0.25) is 11.8 Å². The molecule has 2 N–H and O–H groups in total. The van der Waals surface area contributed by atoms with Crippen LogP contribution < -0.4 is 10.6 Å². The highest BCUT2D eigenvalue weighted by atomic mass is 16.6. The first-order valence-electron chi connectivity index (χ1n) is 10.2. The monoisotopic (exact) mass is 425 g/mol. The third-order valence-corrected chi connectivity index (χ3v) is 5.16. The van der Waals surface area contributed by atoms with Crippen molar-refractivity contribution in [2.45, 2.75) is 13.5 Å². The number of rotatable bonds is 8. The number of carbonyl (C=O) groups excluding carboxylic acids is 2. The molecule has 0 unspecified atom stereocenters. The molecule has 2 amide bonds. The quantitative estimate of drug-likeness (QED) is 0.493. The average molecular weight is 425 g/mol. The first-order valence-corrected chi connectivity index (χ1v) is 10.2. The lowest BCUT2D eigenvalue weighted by atomic mass is 10.2. The second-order valence-electron chi connectivity index (χ2n) is 7.64. The fourth-order valence-corrected chi connectivity index (χ4v) is 3.45. The van der Waals surface area contributed by atoms with Crippen LogP contribution in [0.25, 0.3) is 0 Å². The van der Waals surface area contributed by atoms with Crippen molar-refractivity contribution < 1.29 is 14.5 Å². The summed E-state index contributed by atoms with van der Waals surface area (Å²) in [5.74, 6) is -0.317. The lowest BCUT2D eigenvalue weighted by Crippen LogP contribution is -2.50. The zero-order chi connectivity index (χ0) is 22.2. The molecule has 0 aromatic heterocycles. The van der Waals surface area contributed by atoms with E-state index >= 15 is 0 Å². The SMILES string of the molecule is Cc1ccc(NC(=O)CN2CCN(CC(=O)NCc3ccccc3)CC2)c([N+](=O)[O-])c1. The van der Waals surface area contributed by atoms with Crippen molar-refractivity contribution in [1.29, 1.82) is 0 Å². The maximum absolute atomic E-state index is 12.4. The van der Waals surface area contributed by atoms with Crippen LogP contribution in [-0.4, -0.2) is 65.8 Å². The van der Waals surface area contributed by atoms with Crippen LogP contribution in [-0.2, 0) is 16.1 Å². The van der Waals surface area contributed by atoms with Gasteiger partial charge in [0, 0.05) is 38.8 Å². The Morgan fingerprint density at radius 2 is 1.58 bits per heavy atom. The van der Waals surface area contributed by atoms with Gasteiger partial charge in [0.1, 0.15) is 5.69 Å². The Hall–Kier alpha value is -3.30. The minimum absolute atomic E-state index is 0.0262. The van der Waals surface area contributed by atoms with Gasteiger partial charge in [-0.2, -0.15) is 0 Å². The molecule has 1 heterocycles. The van der Waals surface area contributed by atoms with E-state index in [-0.39, 0.29) is 29.7 Å². The van der Waals surface area contributed by atoms with Gasteiger partial charge >= 0.3 is 0 Å². The van der Waals surface area contributed by atoms with Crippen LogP contribution in [0.3, 0.4) is 0 Å². The van der Waals surface area contributed by atoms with Crippen LogP contribution in [0.1, 0.15) is 11.1 Å². The molecule has 0 aliphatic carbocycles. The van der Waals surface area contributed by atoms with Crippen molar-refractivity contribution in [3.63, 3.8) is 0 Å². The number of nitrogens with one attached hydrogen (secondary N) is 2. The van der Waals surface area contributed by atoms with E-state index in [2.05, 4.69) is 15.5 Å². The summed E-state index contributed by atoms with van der Waals surface area (Å²) in [6.45, 7) is 5.39. The fraction of sp³-hybridized carbons (Fsp3) is 0.364. The summed E-state index contributed by atoms with van der Waals surface area (Å²) in [5, 5.41) is 16.8. The molecule has 0 saturated carbocycles. The molecule has 2 aromatic carbocycles. The number of hydrogen-bond donors (Lipinski definition) is 2. The largest absolute Gasteiger partial charge is 0.351 e. The third kappa shape index (κ3) is 6.87. The zero-order valence-electron chi connectivity index (χ0n) is 17.5. The van der Waals surface area contributed by atoms with Crippen LogP contribution in [0.15, 0.2) is 48.5 Å². The molecule has 9 nitrogen and oxygen atoms in total. The molecule has 2 aromatic rings. The maximum atomic E-state index is 12.4. The Balaban J connectivity index is 1.40. The number of benzene rings is 2. The number of nitrogens with zero attached hydrogens (tertiary/aromatic N) is 3. The highest BCUT2D eigenvalue weighted by Crippen LogP contribution is 2.25. The van der Waals surface area contributed by atoms with Crippen LogP contribution in [0, 0.1) is 17.0 Å². The van der Waals surface area contributed by atoms with Gasteiger partial charge in [-0.25, -0.2) is 0 Å². The number of amides is 2. The summed E-state index contributed by atoms with van der Waals surface area (Å²) in [5.41, 5.74) is 1.91. The first kappa shape index (κ1) is 22.4. The molecule has 3 rings (SSSR count). The predicted molar refractivity (Wildman–Crippen MR) is 118 cm³/mol. The molecular formula is C22H27N5O4. The normalized spacial score (nSPS) is 14.7. The number of piperazine rings is 1. The van der Waals surface area contributed by atoms with Gasteiger partial charge in [-0.1, -0.05) is 36.4 Å². The minimum atomic E-state index is -0.496. The van der Waals surface area contributed by atoms with Crippen molar-refractivity contribution in [3.05, 3.63) is 69.8 Å². The van der Waals surface area contributed by atoms with E-state index in [1.807, 2.05) is 35.2 Å². The van der Waals surface area contributed by atoms with Crippen molar-refractivity contribution >= 4 is 23.2 Å². The molecule has 1 aliphatic rings. The Labute approximate surface area is 181 Å². The molecule has 1 aliphatic heterocycles. The van der Waals surface area contributed by atoms with Crippen LogP contribution in [0.2, 0.25) is 0 Å². The molecule has 0 spiro atoms. The number of carbonyl (C=O) groups is 2. The molecule has 9 heteroatoms. The van der Waals surface area contributed by atoms with E-state index in [9.17, 15) is 19.7 Å². The smallest absolute Gasteiger partial charge is 0.293 e. The summed E-state index contributed by atoms with van der Waals surface area (Å²) < 4.78 is 0. The van der Waals surface area contributed by atoms with Crippen LogP contribution in [0.5, 0.6) is 0 Å². The standard InChI is InChI=1S/C22H27N5O4/c1-17-7-8-19(20(13-17)27(30)31)24-22(29)16-26-11-9-25(10-12-26)15-21(28)23-14-18-5-3-2-4-6-18/h2-8,13H,9-12,14-16H2,1H3,(H,23,28)(H,24,29). The molecule has 1 saturated heterocycles. The average Bonchev–Trinajstić information content (AvgIpc) is 2.75. The number of anilines is 1. The van der Waals surface area contributed by atoms with Crippen molar-refractivity contribution in [1.82, 2.24) is 15.1 Å². The van der Waals surface area contributed by atoms with Gasteiger partial charge in [-0.3, -0.25) is 29.5 Å². The van der Waals surface area contributed by atoms with Gasteiger partial charge in [-0.15, -0.1) is 0 Å². The highest BCUT2D eigenvalue weighted by Gasteiger charge is 2.22. The van der Waals surface area contributed by atoms with E-state index in [4.69, 9.17) is 0 Å². The molecule has 0 bridgehead atoms. The zero-order valence-corrected chi connectivity index (χ0v) is 17.5. The van der Waals surface area contributed by atoms with Crippen molar-refractivity contribution in [2.24, 2.45) is 0 Å². The van der Waals surface area contributed by atoms with Gasteiger partial charge < -0.3 is 10.6 Å². The Kier molecular flexibility index (Phi) is 7.69. The highest BCUT2D eigenvalue weighted by molar-refractivity contribution is 5.94. The maximum Gasteiger partial charge on any atom is 0.293 e. The summed E-state index contributed by atoms with van der Waals surface area (Å²) in [4.78, 5) is 39.3. The van der Waals surface area contributed by atoms with E-state index < -0.39 is 4.92 Å². The van der Waals surface area contributed by atoms with E-state index in [0.717, 1.165) is 11.1 Å². The Morgan fingerprint density at radius 3 is 2.19 bits per heavy atom. The van der Waals surface area contributed by atoms with Gasteiger partial charge in [0.05, 0.1) is 18.0 Å². The van der Waals surface area contributed by atoms with Crippen molar-refractivity contribution in [3.8, 4) is 0 Å². The minimum Gasteiger partial charge on any atom is -0.351 e. The van der Waals surface area contributed by atoms with Gasteiger partial charge in [-0.05, 0) is 24.1 Å². The van der Waals surface area contributed by atoms with Gasteiger partial charge in [0.15, 0.2) is 0 Å². The molecule has 0 atom stereocenters. The Bertz CT molecular complexity index is 927. The summed E-state index contributed by atoms with van der Waals surface area (Å²) in [6, 6.07) is 14.5. The third-order valence-electron chi connectivity index (χ3n) is 5.16. The van der Waals surface area contributed by atoms with Crippen molar-refractivity contribution in [2.75, 3.05) is 44.6 Å². The second kappa shape index (κ2) is 10.6. The molecule has 164 valence electrons. The number of nitro benzene ring substituents is 1. The molecular weight excluding hydrogens is 398 g/mol. The number of aryl methyl sites for hydroxylation is 1. The van der Waals surface area contributed by atoms with E-state index in [1.54, 1.807) is 19.1 Å². The Morgan fingerprint density at radius 1 is 0.968 bits per heavy atom. The summed E-state index contributed by atoms with van der Waals surface area (Å²) in [6.07, 6.45) is 0. The molecule has 1 fully saturated rings. The second-order valence-corrected chi connectivity index (χ2v) is 7.64. The number of nitro groups is 1. The summed E-state index contributed by atoms with van der Waals surface area (Å²) >= 11 is 0. The van der Waals surface area contributed by atoms with Crippen LogP contribution in [0.4, 0.5) is 11.4 Å². The lowest BCUT2D eigenvalue weighted by Gasteiger charge is -2.33.